The Kier molecular flexibility index (Phi) is 3.47. The summed E-state index contributed by atoms with van der Waals surface area (Å²) in [4.78, 5) is 1.96. The van der Waals surface area contributed by atoms with Crippen LogP contribution in [0, 0.1) is 5.92 Å². The molecule has 1 aliphatic rings. The van der Waals surface area contributed by atoms with Gasteiger partial charge in [0.25, 0.3) is 0 Å². The molecule has 7 heteroatoms. The topological polar surface area (TPSA) is 110 Å². The van der Waals surface area contributed by atoms with Crippen LogP contribution in [0.3, 0.4) is 0 Å². The predicted molar refractivity (Wildman–Crippen MR) is 69.6 cm³/mol. The number of aliphatic hydroxyl groups excluding tert-OH is 1. The van der Waals surface area contributed by atoms with Crippen LogP contribution < -0.4 is 15.8 Å². The van der Waals surface area contributed by atoms with Gasteiger partial charge in [-0.05, 0) is 24.6 Å². The lowest BCUT2D eigenvalue weighted by atomic mass is 10.1. The van der Waals surface area contributed by atoms with E-state index in [1.54, 1.807) is 12.1 Å². The normalized spacial score (nSPS) is 20.3. The first-order chi connectivity index (χ1) is 8.41. The highest BCUT2D eigenvalue weighted by Crippen LogP contribution is 2.30. The molecule has 1 fully saturated rings. The molecule has 1 atom stereocenters. The lowest BCUT2D eigenvalue weighted by molar-refractivity contribution is 0.238. The maximum Gasteiger partial charge on any atom is 0.240 e. The van der Waals surface area contributed by atoms with Crippen molar-refractivity contribution in [2.24, 2.45) is 11.1 Å². The molecule has 0 amide bonds. The van der Waals surface area contributed by atoms with Gasteiger partial charge in [-0.2, -0.15) is 0 Å². The number of hydrogen-bond donors (Lipinski definition) is 3. The number of nitrogens with two attached hydrogens (primary N) is 2. The van der Waals surface area contributed by atoms with Gasteiger partial charge in [0, 0.05) is 31.3 Å². The predicted octanol–water partition coefficient (Wildman–Crippen LogP) is -0.265. The second-order valence-corrected chi connectivity index (χ2v) is 6.09. The van der Waals surface area contributed by atoms with E-state index in [4.69, 9.17) is 16.0 Å². The van der Waals surface area contributed by atoms with Crippen molar-refractivity contribution in [1.29, 1.82) is 0 Å². The molecule has 0 radical (unpaired) electrons. The number of nitrogen functional groups attached to an aromatic ring is 1. The lowest BCUT2D eigenvalue weighted by Crippen LogP contribution is -2.24. The van der Waals surface area contributed by atoms with E-state index in [2.05, 4.69) is 0 Å². The Hall–Kier alpha value is -1.31. The van der Waals surface area contributed by atoms with Crippen LogP contribution >= 0.6 is 0 Å². The molecule has 0 aromatic heterocycles. The molecule has 2 rings (SSSR count). The van der Waals surface area contributed by atoms with Gasteiger partial charge in [-0.3, -0.25) is 0 Å². The summed E-state index contributed by atoms with van der Waals surface area (Å²) in [6.45, 7) is 1.44. The SMILES string of the molecule is Nc1ccc(N2CCC(CO)C2)c(S(N)(=O)=O)c1. The van der Waals surface area contributed by atoms with Gasteiger partial charge in [0.15, 0.2) is 0 Å². The van der Waals surface area contributed by atoms with E-state index in [0.717, 1.165) is 6.42 Å². The second-order valence-electron chi connectivity index (χ2n) is 4.56. The second kappa shape index (κ2) is 4.75. The Morgan fingerprint density at radius 3 is 2.72 bits per heavy atom. The molecule has 1 aliphatic heterocycles. The van der Waals surface area contributed by atoms with Gasteiger partial charge in [0.2, 0.25) is 10.0 Å². The average Bonchev–Trinajstić information content (AvgIpc) is 2.76. The maximum atomic E-state index is 11.6. The van der Waals surface area contributed by atoms with Crippen molar-refractivity contribution in [3.8, 4) is 0 Å². The summed E-state index contributed by atoms with van der Waals surface area (Å²) in [5.74, 6) is 0.177. The van der Waals surface area contributed by atoms with E-state index in [1.165, 1.54) is 6.07 Å². The van der Waals surface area contributed by atoms with E-state index < -0.39 is 10.0 Å². The number of anilines is 2. The van der Waals surface area contributed by atoms with Crippen molar-refractivity contribution in [2.75, 3.05) is 30.3 Å². The Morgan fingerprint density at radius 1 is 1.44 bits per heavy atom. The summed E-state index contributed by atoms with van der Waals surface area (Å²) in [6, 6.07) is 4.68. The Morgan fingerprint density at radius 2 is 2.17 bits per heavy atom. The summed E-state index contributed by atoms with van der Waals surface area (Å²) in [5.41, 5.74) is 6.52. The monoisotopic (exact) mass is 271 g/mol. The van der Waals surface area contributed by atoms with Crippen molar-refractivity contribution in [1.82, 2.24) is 0 Å². The number of benzene rings is 1. The van der Waals surface area contributed by atoms with Gasteiger partial charge in [0.05, 0.1) is 5.69 Å². The van der Waals surface area contributed by atoms with Crippen LogP contribution in [0.2, 0.25) is 0 Å². The van der Waals surface area contributed by atoms with E-state index in [-0.39, 0.29) is 17.4 Å². The van der Waals surface area contributed by atoms with Gasteiger partial charge < -0.3 is 15.7 Å². The molecule has 1 aromatic carbocycles. The van der Waals surface area contributed by atoms with Crippen molar-refractivity contribution >= 4 is 21.4 Å². The van der Waals surface area contributed by atoms with Crippen LogP contribution in [-0.2, 0) is 10.0 Å². The summed E-state index contributed by atoms with van der Waals surface area (Å²) in [5, 5.41) is 14.3. The van der Waals surface area contributed by atoms with Crippen LogP contribution in [0.15, 0.2) is 23.1 Å². The number of primary sulfonamides is 1. The number of hydrogen-bond acceptors (Lipinski definition) is 5. The zero-order valence-corrected chi connectivity index (χ0v) is 10.7. The molecule has 100 valence electrons. The maximum absolute atomic E-state index is 11.6. The number of sulfonamides is 1. The third-order valence-electron chi connectivity index (χ3n) is 3.18. The molecule has 0 bridgehead atoms. The first-order valence-corrected chi connectivity index (χ1v) is 7.24. The number of aliphatic hydroxyl groups is 1. The summed E-state index contributed by atoms with van der Waals surface area (Å²) in [7, 11) is -3.80. The first kappa shape index (κ1) is 13.1. The van der Waals surface area contributed by atoms with Gasteiger partial charge in [-0.1, -0.05) is 0 Å². The van der Waals surface area contributed by atoms with Crippen LogP contribution in [-0.4, -0.2) is 33.2 Å². The quantitative estimate of drug-likeness (QED) is 0.656. The molecule has 0 spiro atoms. The van der Waals surface area contributed by atoms with E-state index >= 15 is 0 Å². The molecule has 1 unspecified atom stereocenters. The van der Waals surface area contributed by atoms with Crippen molar-refractivity contribution in [2.45, 2.75) is 11.3 Å². The van der Waals surface area contributed by atoms with Gasteiger partial charge in [0.1, 0.15) is 4.90 Å². The lowest BCUT2D eigenvalue weighted by Gasteiger charge is -2.21. The zero-order valence-electron chi connectivity index (χ0n) is 9.91. The third kappa shape index (κ3) is 2.58. The van der Waals surface area contributed by atoms with Crippen molar-refractivity contribution in [3.63, 3.8) is 0 Å². The largest absolute Gasteiger partial charge is 0.399 e. The molecule has 0 aliphatic carbocycles. The summed E-state index contributed by atoms with van der Waals surface area (Å²) >= 11 is 0. The fourth-order valence-corrected chi connectivity index (χ4v) is 3.01. The average molecular weight is 271 g/mol. The fourth-order valence-electron chi connectivity index (χ4n) is 2.22. The molecule has 1 aromatic rings. The Bertz CT molecular complexity index is 544. The van der Waals surface area contributed by atoms with Crippen molar-refractivity contribution < 1.29 is 13.5 Å². The van der Waals surface area contributed by atoms with E-state index in [0.29, 0.717) is 24.5 Å². The molecule has 0 saturated carbocycles. The molecule has 6 nitrogen and oxygen atoms in total. The molecule has 1 heterocycles. The van der Waals surface area contributed by atoms with Gasteiger partial charge in [-0.25, -0.2) is 13.6 Å². The number of rotatable bonds is 3. The molecule has 1 saturated heterocycles. The smallest absolute Gasteiger partial charge is 0.240 e. The minimum Gasteiger partial charge on any atom is -0.399 e. The summed E-state index contributed by atoms with van der Waals surface area (Å²) in [6.07, 6.45) is 0.838. The molecule has 18 heavy (non-hydrogen) atoms. The molecule has 5 N–H and O–H groups in total. The van der Waals surface area contributed by atoms with Crippen LogP contribution in [0.25, 0.3) is 0 Å². The fraction of sp³-hybridized carbons (Fsp3) is 0.455. The Labute approximate surface area is 106 Å². The van der Waals surface area contributed by atoms with E-state index in [1.807, 2.05) is 4.90 Å². The van der Waals surface area contributed by atoms with Crippen LogP contribution in [0.4, 0.5) is 11.4 Å². The highest BCUT2D eigenvalue weighted by atomic mass is 32.2. The van der Waals surface area contributed by atoms with E-state index in [9.17, 15) is 8.42 Å². The third-order valence-corrected chi connectivity index (χ3v) is 4.12. The van der Waals surface area contributed by atoms with Crippen LogP contribution in [0.5, 0.6) is 0 Å². The minimum absolute atomic E-state index is 0.0427. The zero-order chi connectivity index (χ0) is 13.3. The first-order valence-electron chi connectivity index (χ1n) is 5.70. The highest BCUT2D eigenvalue weighted by Gasteiger charge is 2.26. The van der Waals surface area contributed by atoms with Crippen LogP contribution in [0.1, 0.15) is 6.42 Å². The minimum atomic E-state index is -3.80. The molecular weight excluding hydrogens is 254 g/mol. The number of nitrogens with zero attached hydrogens (tertiary/aromatic N) is 1. The van der Waals surface area contributed by atoms with Gasteiger partial charge >= 0.3 is 0 Å². The van der Waals surface area contributed by atoms with Crippen molar-refractivity contribution in [3.05, 3.63) is 18.2 Å². The summed E-state index contributed by atoms with van der Waals surface area (Å²) < 4.78 is 23.1. The standard InChI is InChI=1S/C11H17N3O3S/c12-9-1-2-10(11(5-9)18(13,16)17)14-4-3-8(6-14)7-15/h1-2,5,8,15H,3-4,6-7,12H2,(H2,13,16,17). The highest BCUT2D eigenvalue weighted by molar-refractivity contribution is 7.89. The molecular formula is C11H17N3O3S. The Balaban J connectivity index is 2.40. The van der Waals surface area contributed by atoms with Gasteiger partial charge in [-0.15, -0.1) is 0 Å².